The number of hydrogen-bond acceptors (Lipinski definition) is 6. The number of amides is 1. The molecule has 0 radical (unpaired) electrons. The monoisotopic (exact) mass is 455 g/mol. The van der Waals surface area contributed by atoms with Crippen LogP contribution in [0, 0.1) is 5.92 Å². The van der Waals surface area contributed by atoms with Crippen molar-refractivity contribution in [1.29, 1.82) is 0 Å². The molecule has 2 bridgehead atoms. The zero-order valence-electron chi connectivity index (χ0n) is 19.4. The van der Waals surface area contributed by atoms with Gasteiger partial charge in [0, 0.05) is 24.7 Å². The van der Waals surface area contributed by atoms with E-state index in [1.54, 1.807) is 50.3 Å². The van der Waals surface area contributed by atoms with Gasteiger partial charge in [-0.2, -0.15) is 0 Å². The van der Waals surface area contributed by atoms with Crippen LogP contribution in [0.25, 0.3) is 0 Å². The molecule has 0 saturated heterocycles. The van der Waals surface area contributed by atoms with E-state index in [2.05, 4.69) is 5.32 Å². The molecule has 0 aromatic heterocycles. The highest BCUT2D eigenvalue weighted by Crippen LogP contribution is 2.21. The van der Waals surface area contributed by atoms with E-state index in [0.29, 0.717) is 24.0 Å². The Hall–Kier alpha value is -2.87. The van der Waals surface area contributed by atoms with E-state index in [1.807, 2.05) is 6.08 Å². The Balaban J connectivity index is 2.25. The van der Waals surface area contributed by atoms with Crippen LogP contribution in [-0.4, -0.2) is 53.1 Å². The fraction of sp³-hybridized carbons (Fsp3) is 0.423. The summed E-state index contributed by atoms with van der Waals surface area (Å²) in [4.78, 5) is 37.3. The van der Waals surface area contributed by atoms with E-state index in [0.717, 1.165) is 6.08 Å². The van der Waals surface area contributed by atoms with Crippen LogP contribution in [0.2, 0.25) is 0 Å². The van der Waals surface area contributed by atoms with Gasteiger partial charge in [0.25, 0.3) is 0 Å². The van der Waals surface area contributed by atoms with E-state index < -0.39 is 30.0 Å². The Morgan fingerprint density at radius 1 is 1.06 bits per heavy atom. The van der Waals surface area contributed by atoms with Crippen LogP contribution in [0.1, 0.15) is 39.5 Å². The first-order valence-corrected chi connectivity index (χ1v) is 11.1. The Morgan fingerprint density at radius 3 is 2.52 bits per heavy atom. The summed E-state index contributed by atoms with van der Waals surface area (Å²) in [5.41, 5.74) is 0.940. The van der Waals surface area contributed by atoms with Crippen LogP contribution in [0.15, 0.2) is 71.5 Å². The van der Waals surface area contributed by atoms with Gasteiger partial charge in [0.15, 0.2) is 5.78 Å². The number of aliphatic hydroxyl groups excluding tert-OH is 2. The van der Waals surface area contributed by atoms with Gasteiger partial charge in [-0.1, -0.05) is 49.5 Å². The molecule has 0 aromatic rings. The van der Waals surface area contributed by atoms with Gasteiger partial charge in [-0.15, -0.1) is 0 Å². The number of carbonyl (C=O) groups excluding carboxylic acids is 3. The van der Waals surface area contributed by atoms with Crippen molar-refractivity contribution in [3.05, 3.63) is 71.5 Å². The molecule has 1 aliphatic heterocycles. The molecule has 0 saturated carbocycles. The lowest BCUT2D eigenvalue weighted by atomic mass is 9.90. The molecule has 3 N–H and O–H groups in total. The molecule has 7 heteroatoms. The highest BCUT2D eigenvalue weighted by Gasteiger charge is 2.25. The van der Waals surface area contributed by atoms with E-state index >= 15 is 0 Å². The third kappa shape index (κ3) is 8.20. The van der Waals surface area contributed by atoms with Crippen molar-refractivity contribution in [2.24, 2.45) is 5.92 Å². The van der Waals surface area contributed by atoms with E-state index in [-0.39, 0.29) is 30.2 Å². The van der Waals surface area contributed by atoms with Crippen molar-refractivity contribution < 1.29 is 29.3 Å². The number of methoxy groups -OCH3 is 1. The largest absolute Gasteiger partial charge is 0.392 e. The number of rotatable bonds is 1. The zero-order valence-corrected chi connectivity index (χ0v) is 19.4. The fourth-order valence-corrected chi connectivity index (χ4v) is 3.58. The third-order valence-corrected chi connectivity index (χ3v) is 5.73. The summed E-state index contributed by atoms with van der Waals surface area (Å²) < 4.78 is 5.30. The van der Waals surface area contributed by atoms with Crippen LogP contribution >= 0.6 is 0 Å². The molecule has 1 heterocycles. The summed E-state index contributed by atoms with van der Waals surface area (Å²) >= 11 is 0. The number of nitrogens with one attached hydrogen (secondary N) is 1. The van der Waals surface area contributed by atoms with Crippen molar-refractivity contribution in [2.75, 3.05) is 7.11 Å². The third-order valence-electron chi connectivity index (χ3n) is 5.73. The molecule has 1 amide bonds. The number of hydrogen-bond donors (Lipinski definition) is 3. The first-order chi connectivity index (χ1) is 15.7. The lowest BCUT2D eigenvalue weighted by Gasteiger charge is -2.24. The maximum Gasteiger partial charge on any atom is 0.227 e. The predicted molar refractivity (Wildman–Crippen MR) is 126 cm³/mol. The average Bonchev–Trinajstić information content (AvgIpc) is 2.78. The van der Waals surface area contributed by atoms with E-state index in [1.165, 1.54) is 13.2 Å². The van der Waals surface area contributed by atoms with Gasteiger partial charge >= 0.3 is 0 Å². The second-order valence-electron chi connectivity index (χ2n) is 8.28. The number of carbonyl (C=O) groups is 3. The van der Waals surface area contributed by atoms with Crippen LogP contribution in [0.3, 0.4) is 0 Å². The number of aliphatic hydroxyl groups is 2. The summed E-state index contributed by atoms with van der Waals surface area (Å²) in [7, 11) is 1.48. The Morgan fingerprint density at radius 2 is 1.79 bits per heavy atom. The van der Waals surface area contributed by atoms with Gasteiger partial charge in [0.2, 0.25) is 11.7 Å². The molecule has 0 aromatic carbocycles. The van der Waals surface area contributed by atoms with E-state index in [9.17, 15) is 24.6 Å². The molecule has 0 fully saturated rings. The Bertz CT molecular complexity index is 921. The average molecular weight is 456 g/mol. The van der Waals surface area contributed by atoms with Crippen LogP contribution in [0.5, 0.6) is 0 Å². The molecule has 4 atom stereocenters. The summed E-state index contributed by atoms with van der Waals surface area (Å²) in [6, 6.07) is 0. The van der Waals surface area contributed by atoms with Gasteiger partial charge < -0.3 is 20.3 Å². The normalized spacial score (nSPS) is 32.9. The first-order valence-electron chi connectivity index (χ1n) is 11.1. The molecular weight excluding hydrogens is 422 g/mol. The van der Waals surface area contributed by atoms with E-state index in [4.69, 9.17) is 4.74 Å². The van der Waals surface area contributed by atoms with Gasteiger partial charge in [-0.3, -0.25) is 14.4 Å². The summed E-state index contributed by atoms with van der Waals surface area (Å²) in [6.07, 6.45) is 13.9. The Kier molecular flexibility index (Phi) is 10.4. The minimum absolute atomic E-state index is 0.0154. The topological polar surface area (TPSA) is 113 Å². The quantitative estimate of drug-likeness (QED) is 0.414. The van der Waals surface area contributed by atoms with Gasteiger partial charge in [-0.05, 0) is 37.8 Å². The summed E-state index contributed by atoms with van der Waals surface area (Å²) in [6.45, 7) is 3.55. The number of ether oxygens (including phenoxy) is 1. The van der Waals surface area contributed by atoms with Crippen molar-refractivity contribution in [3.63, 3.8) is 0 Å². The highest BCUT2D eigenvalue weighted by molar-refractivity contribution is 6.21. The molecule has 2 aliphatic rings. The number of Topliss-reactive ketones (excluding diaryl/α,β-unsaturated/α-hetero) is 1. The lowest BCUT2D eigenvalue weighted by Crippen LogP contribution is -2.32. The second-order valence-corrected chi connectivity index (χ2v) is 8.28. The number of fused-ring (bicyclic) bond motifs is 2. The molecule has 7 nitrogen and oxygen atoms in total. The van der Waals surface area contributed by atoms with Crippen molar-refractivity contribution in [1.82, 2.24) is 5.32 Å². The van der Waals surface area contributed by atoms with Gasteiger partial charge in [0.05, 0.1) is 30.4 Å². The molecular formula is C26H33NO6. The molecule has 33 heavy (non-hydrogen) atoms. The molecule has 4 unspecified atom stereocenters. The number of allylic oxidation sites excluding steroid dienone is 8. The molecule has 1 aliphatic carbocycles. The van der Waals surface area contributed by atoms with Crippen molar-refractivity contribution in [2.45, 2.75) is 57.8 Å². The minimum Gasteiger partial charge on any atom is -0.392 e. The smallest absolute Gasteiger partial charge is 0.227 e. The number of ketones is 2. The van der Waals surface area contributed by atoms with Crippen LogP contribution in [0.4, 0.5) is 0 Å². The lowest BCUT2D eigenvalue weighted by molar-refractivity contribution is -0.124. The Labute approximate surface area is 194 Å². The van der Waals surface area contributed by atoms with Crippen LogP contribution in [-0.2, 0) is 19.1 Å². The summed E-state index contributed by atoms with van der Waals surface area (Å²) in [5, 5.41) is 23.5. The standard InChI is InChI=1S/C26H33NO6/c1-17-10-9-11-19-14-20(28)15-22(26(19)32)27-24(30)16-21(33-3)12-7-5-4-6-8-13-23(29)18(2)25(17)31/h4-8,10,12,14-15,18,21,23,25,29,31H,9,11,13,16H2,1-3H3,(H,27,30)/b5-4+,8-6+,12-7-,17-10+. The van der Waals surface area contributed by atoms with Gasteiger partial charge in [0.1, 0.15) is 0 Å². The first kappa shape index (κ1) is 26.4. The molecule has 0 spiro atoms. The van der Waals surface area contributed by atoms with Crippen molar-refractivity contribution in [3.8, 4) is 0 Å². The highest BCUT2D eigenvalue weighted by atomic mass is 16.5. The second kappa shape index (κ2) is 13.0. The summed E-state index contributed by atoms with van der Waals surface area (Å²) in [5.74, 6) is -1.58. The molecule has 2 rings (SSSR count). The van der Waals surface area contributed by atoms with Gasteiger partial charge in [-0.25, -0.2) is 0 Å². The fourth-order valence-electron chi connectivity index (χ4n) is 3.58. The van der Waals surface area contributed by atoms with Crippen molar-refractivity contribution >= 4 is 17.5 Å². The predicted octanol–water partition coefficient (Wildman–Crippen LogP) is 2.63. The zero-order chi connectivity index (χ0) is 24.4. The minimum atomic E-state index is -0.834. The molecule has 178 valence electrons. The maximum absolute atomic E-state index is 12.8. The SMILES string of the molecule is COC1\C=C/C=C/C=C/CC(O)C(C)C(O)/C(C)=C/CCC2=CC(=O)C=C(NC(=O)C1)C2=O. The maximum atomic E-state index is 12.8. The van der Waals surface area contributed by atoms with Crippen LogP contribution < -0.4 is 5.32 Å².